The van der Waals surface area contributed by atoms with E-state index in [1.54, 1.807) is 36.1 Å². The molecule has 1 aliphatic carbocycles. The first kappa shape index (κ1) is 18.2. The number of halogens is 1. The molecule has 6 heteroatoms. The van der Waals surface area contributed by atoms with E-state index in [0.29, 0.717) is 23.8 Å². The average Bonchev–Trinajstić information content (AvgIpc) is 3.13. The summed E-state index contributed by atoms with van der Waals surface area (Å²) < 4.78 is 14.8. The maximum absolute atomic E-state index is 13.3. The van der Waals surface area contributed by atoms with Gasteiger partial charge >= 0.3 is 0 Å². The second kappa shape index (κ2) is 7.80. The number of anilines is 1. The summed E-state index contributed by atoms with van der Waals surface area (Å²) in [5.41, 5.74) is 1.18. The SMILES string of the molecule is Cn1ccnc(N2CCC[C@H](N[C@H]3CCC[C@@H]3c3ccc(F)cc3)C2)c1=O. The Morgan fingerprint density at radius 2 is 1.96 bits per heavy atom. The van der Waals surface area contributed by atoms with Crippen molar-refractivity contribution in [1.82, 2.24) is 14.9 Å². The van der Waals surface area contributed by atoms with Crippen LogP contribution < -0.4 is 15.8 Å². The first-order chi connectivity index (χ1) is 13.1. The summed E-state index contributed by atoms with van der Waals surface area (Å²) in [6, 6.07) is 7.71. The number of benzene rings is 1. The van der Waals surface area contributed by atoms with Crippen LogP contribution in [0.25, 0.3) is 0 Å². The molecule has 27 heavy (non-hydrogen) atoms. The molecular weight excluding hydrogens is 343 g/mol. The van der Waals surface area contributed by atoms with Crippen molar-refractivity contribution in [1.29, 1.82) is 0 Å². The zero-order valence-corrected chi connectivity index (χ0v) is 15.8. The van der Waals surface area contributed by atoms with E-state index in [9.17, 15) is 9.18 Å². The van der Waals surface area contributed by atoms with Crippen molar-refractivity contribution >= 4 is 5.82 Å². The predicted molar refractivity (Wildman–Crippen MR) is 105 cm³/mol. The van der Waals surface area contributed by atoms with Gasteiger partial charge in [0.1, 0.15) is 5.82 Å². The summed E-state index contributed by atoms with van der Waals surface area (Å²) in [6.07, 6.45) is 9.01. The van der Waals surface area contributed by atoms with Crippen molar-refractivity contribution in [2.45, 2.75) is 50.1 Å². The molecule has 5 nitrogen and oxygen atoms in total. The van der Waals surface area contributed by atoms with Gasteiger partial charge in [-0.3, -0.25) is 4.79 Å². The van der Waals surface area contributed by atoms with E-state index in [2.05, 4.69) is 15.2 Å². The van der Waals surface area contributed by atoms with Gasteiger partial charge in [-0.25, -0.2) is 9.37 Å². The molecule has 1 N–H and O–H groups in total. The number of hydrogen-bond acceptors (Lipinski definition) is 4. The Labute approximate surface area is 159 Å². The van der Waals surface area contributed by atoms with Crippen LogP contribution in [0, 0.1) is 5.82 Å². The molecule has 0 spiro atoms. The number of rotatable bonds is 4. The van der Waals surface area contributed by atoms with Crippen LogP contribution in [0.4, 0.5) is 10.2 Å². The summed E-state index contributed by atoms with van der Waals surface area (Å²) in [7, 11) is 1.76. The highest BCUT2D eigenvalue weighted by atomic mass is 19.1. The van der Waals surface area contributed by atoms with Crippen LogP contribution in [0.15, 0.2) is 41.5 Å². The first-order valence-electron chi connectivity index (χ1n) is 9.90. The Balaban J connectivity index is 1.45. The number of aromatic nitrogens is 2. The van der Waals surface area contributed by atoms with Crippen molar-refractivity contribution in [2.75, 3.05) is 18.0 Å². The molecule has 1 aliphatic heterocycles. The minimum atomic E-state index is -0.180. The van der Waals surface area contributed by atoms with Gasteiger partial charge in [0, 0.05) is 44.6 Å². The lowest BCUT2D eigenvalue weighted by Gasteiger charge is -2.36. The molecule has 3 atom stereocenters. The predicted octanol–water partition coefficient (Wildman–Crippen LogP) is 2.81. The molecule has 4 rings (SSSR count). The summed E-state index contributed by atoms with van der Waals surface area (Å²) in [5, 5.41) is 3.84. The van der Waals surface area contributed by atoms with Crippen LogP contribution in [0.1, 0.15) is 43.6 Å². The fraction of sp³-hybridized carbons (Fsp3) is 0.524. The average molecular weight is 370 g/mol. The van der Waals surface area contributed by atoms with Gasteiger partial charge in [-0.1, -0.05) is 18.6 Å². The fourth-order valence-electron chi connectivity index (χ4n) is 4.58. The van der Waals surface area contributed by atoms with E-state index in [-0.39, 0.29) is 11.4 Å². The molecule has 0 unspecified atom stereocenters. The third-order valence-electron chi connectivity index (χ3n) is 5.98. The number of nitrogens with one attached hydrogen (secondary N) is 1. The molecule has 2 fully saturated rings. The molecular formula is C21H27FN4O. The zero-order valence-electron chi connectivity index (χ0n) is 15.8. The summed E-state index contributed by atoms with van der Waals surface area (Å²) in [4.78, 5) is 18.8. The van der Waals surface area contributed by atoms with E-state index in [1.807, 2.05) is 12.1 Å². The summed E-state index contributed by atoms with van der Waals surface area (Å²) in [5.74, 6) is 0.804. The highest BCUT2D eigenvalue weighted by Gasteiger charge is 2.32. The molecule has 0 bridgehead atoms. The Morgan fingerprint density at radius 3 is 2.78 bits per heavy atom. The Kier molecular flexibility index (Phi) is 5.25. The van der Waals surface area contributed by atoms with Crippen molar-refractivity contribution in [3.8, 4) is 0 Å². The van der Waals surface area contributed by atoms with Crippen molar-refractivity contribution in [2.24, 2.45) is 7.05 Å². The minimum Gasteiger partial charge on any atom is -0.350 e. The molecule has 0 amide bonds. The van der Waals surface area contributed by atoms with Crippen LogP contribution >= 0.6 is 0 Å². The van der Waals surface area contributed by atoms with Crippen LogP contribution in [-0.2, 0) is 7.05 Å². The van der Waals surface area contributed by atoms with Crippen molar-refractivity contribution in [3.05, 3.63) is 58.4 Å². The van der Waals surface area contributed by atoms with Crippen LogP contribution in [0.3, 0.4) is 0 Å². The largest absolute Gasteiger partial charge is 0.350 e. The molecule has 2 heterocycles. The normalized spacial score (nSPS) is 25.7. The van der Waals surface area contributed by atoms with Gasteiger partial charge in [0.05, 0.1) is 0 Å². The monoisotopic (exact) mass is 370 g/mol. The molecule has 2 aromatic rings. The molecule has 144 valence electrons. The third-order valence-corrected chi connectivity index (χ3v) is 5.98. The minimum absolute atomic E-state index is 0.0387. The van der Waals surface area contributed by atoms with E-state index >= 15 is 0 Å². The Morgan fingerprint density at radius 1 is 1.15 bits per heavy atom. The molecule has 1 aromatic heterocycles. The Bertz CT molecular complexity index is 835. The molecule has 1 saturated heterocycles. The van der Waals surface area contributed by atoms with Crippen molar-refractivity contribution < 1.29 is 4.39 Å². The maximum atomic E-state index is 13.3. The van der Waals surface area contributed by atoms with E-state index in [0.717, 1.165) is 38.8 Å². The smallest absolute Gasteiger partial charge is 0.293 e. The van der Waals surface area contributed by atoms with Crippen LogP contribution in [0.2, 0.25) is 0 Å². The fourth-order valence-corrected chi connectivity index (χ4v) is 4.58. The quantitative estimate of drug-likeness (QED) is 0.899. The van der Waals surface area contributed by atoms with E-state index in [1.165, 1.54) is 12.0 Å². The van der Waals surface area contributed by atoms with Gasteiger partial charge in [-0.15, -0.1) is 0 Å². The van der Waals surface area contributed by atoms with Gasteiger partial charge in [0.15, 0.2) is 5.82 Å². The van der Waals surface area contributed by atoms with Gasteiger partial charge in [-0.2, -0.15) is 0 Å². The molecule has 2 aliphatic rings. The van der Waals surface area contributed by atoms with Gasteiger partial charge in [-0.05, 0) is 49.3 Å². The number of piperidine rings is 1. The summed E-state index contributed by atoms with van der Waals surface area (Å²) >= 11 is 0. The second-order valence-electron chi connectivity index (χ2n) is 7.81. The maximum Gasteiger partial charge on any atom is 0.293 e. The van der Waals surface area contributed by atoms with Gasteiger partial charge in [0.25, 0.3) is 5.56 Å². The Hall–Kier alpha value is -2.21. The highest BCUT2D eigenvalue weighted by Crippen LogP contribution is 2.35. The van der Waals surface area contributed by atoms with E-state index < -0.39 is 0 Å². The number of hydrogen-bond donors (Lipinski definition) is 1. The highest BCUT2D eigenvalue weighted by molar-refractivity contribution is 5.36. The molecule has 1 saturated carbocycles. The second-order valence-corrected chi connectivity index (χ2v) is 7.81. The molecule has 0 radical (unpaired) electrons. The topological polar surface area (TPSA) is 50.2 Å². The molecule has 1 aromatic carbocycles. The zero-order chi connectivity index (χ0) is 18.8. The van der Waals surface area contributed by atoms with Crippen LogP contribution in [0.5, 0.6) is 0 Å². The lowest BCUT2D eigenvalue weighted by molar-refractivity contribution is 0.357. The van der Waals surface area contributed by atoms with Gasteiger partial charge < -0.3 is 14.8 Å². The van der Waals surface area contributed by atoms with Gasteiger partial charge in [0.2, 0.25) is 0 Å². The lowest BCUT2D eigenvalue weighted by atomic mass is 9.92. The van der Waals surface area contributed by atoms with Crippen molar-refractivity contribution in [3.63, 3.8) is 0 Å². The standard InChI is InChI=1S/C21H27FN4O/c1-25-13-11-23-20(21(25)27)26-12-3-4-17(14-26)24-19-6-2-5-18(19)15-7-9-16(22)10-8-15/h7-11,13,17-19,24H,2-6,12,14H2,1H3/t17-,18+,19-/m0/s1. The summed E-state index contributed by atoms with van der Waals surface area (Å²) in [6.45, 7) is 1.68. The number of aryl methyl sites for hydroxylation is 1. The van der Waals surface area contributed by atoms with E-state index in [4.69, 9.17) is 0 Å². The number of nitrogens with zero attached hydrogens (tertiary/aromatic N) is 3. The lowest BCUT2D eigenvalue weighted by Crippen LogP contribution is -2.51. The third kappa shape index (κ3) is 3.90. The van der Waals surface area contributed by atoms with Crippen LogP contribution in [-0.4, -0.2) is 34.7 Å². The first-order valence-corrected chi connectivity index (χ1v) is 9.90.